The summed E-state index contributed by atoms with van der Waals surface area (Å²) in [6.07, 6.45) is 6.90. The summed E-state index contributed by atoms with van der Waals surface area (Å²) in [4.78, 5) is 4.12. The van der Waals surface area contributed by atoms with Crippen molar-refractivity contribution in [3.8, 4) is 0 Å². The van der Waals surface area contributed by atoms with Gasteiger partial charge in [0.1, 0.15) is 10.0 Å². The molecule has 0 N–H and O–H groups in total. The molecule has 0 aliphatic carbocycles. The molecule has 7 nitrogen and oxygen atoms in total. The van der Waals surface area contributed by atoms with Crippen molar-refractivity contribution in [2.45, 2.75) is 37.2 Å². The largest absolute Gasteiger partial charge is 0.336 e. The third-order valence-corrected chi connectivity index (χ3v) is 6.62. The normalized spacial score (nSPS) is 19.9. The molecule has 0 bridgehead atoms. The number of hydrogen-bond donors (Lipinski definition) is 0. The second kappa shape index (κ2) is 5.68. The molecule has 1 saturated heterocycles. The van der Waals surface area contributed by atoms with Crippen LogP contribution >= 0.6 is 11.6 Å². The monoisotopic (exact) mass is 343 g/mol. The molecular weight excluding hydrogens is 326 g/mol. The zero-order valence-corrected chi connectivity index (χ0v) is 14.0. The minimum atomic E-state index is -3.65. The molecule has 120 valence electrons. The highest BCUT2D eigenvalue weighted by Crippen LogP contribution is 2.32. The number of imidazole rings is 1. The lowest BCUT2D eigenvalue weighted by molar-refractivity contribution is 0.352. The van der Waals surface area contributed by atoms with Crippen molar-refractivity contribution in [2.24, 2.45) is 7.05 Å². The van der Waals surface area contributed by atoms with E-state index in [0.29, 0.717) is 18.8 Å². The Morgan fingerprint density at radius 3 is 2.82 bits per heavy atom. The lowest BCUT2D eigenvalue weighted by Gasteiger charge is -2.24. The standard InChI is InChI=1S/C13H18ClN5O2S/c1-10-12(13(14)17(2)16-10)22(20,21)19-6-3-4-11(19)8-18-7-5-15-9-18/h5,7,9,11H,3-4,6,8H2,1-2H3/t11-/m0/s1. The summed E-state index contributed by atoms with van der Waals surface area (Å²) < 4.78 is 30.8. The summed E-state index contributed by atoms with van der Waals surface area (Å²) in [6, 6.07) is -0.0881. The van der Waals surface area contributed by atoms with Crippen LogP contribution in [-0.4, -0.2) is 44.6 Å². The topological polar surface area (TPSA) is 73.0 Å². The van der Waals surface area contributed by atoms with E-state index in [-0.39, 0.29) is 16.1 Å². The number of nitrogens with zero attached hydrogens (tertiary/aromatic N) is 5. The highest BCUT2D eigenvalue weighted by atomic mass is 35.5. The lowest BCUT2D eigenvalue weighted by Crippen LogP contribution is -2.38. The number of aromatic nitrogens is 4. The Hall–Kier alpha value is -1.38. The highest BCUT2D eigenvalue weighted by molar-refractivity contribution is 7.89. The van der Waals surface area contributed by atoms with Gasteiger partial charge in [-0.05, 0) is 19.8 Å². The molecule has 0 saturated carbocycles. The predicted octanol–water partition coefficient (Wildman–Crippen LogP) is 1.43. The van der Waals surface area contributed by atoms with E-state index < -0.39 is 10.0 Å². The maximum Gasteiger partial charge on any atom is 0.248 e. The van der Waals surface area contributed by atoms with E-state index in [1.54, 1.807) is 30.8 Å². The first-order chi connectivity index (χ1) is 10.4. The van der Waals surface area contributed by atoms with Gasteiger partial charge in [-0.2, -0.15) is 9.40 Å². The molecule has 3 rings (SSSR count). The minimum absolute atomic E-state index is 0.0881. The van der Waals surface area contributed by atoms with Crippen LogP contribution in [0.15, 0.2) is 23.6 Å². The van der Waals surface area contributed by atoms with Crippen LogP contribution in [0.5, 0.6) is 0 Å². The average Bonchev–Trinajstić information content (AvgIpc) is 3.14. The number of halogens is 1. The number of rotatable bonds is 4. The molecule has 1 aliphatic heterocycles. The minimum Gasteiger partial charge on any atom is -0.336 e. The first-order valence-corrected chi connectivity index (χ1v) is 8.89. The van der Waals surface area contributed by atoms with Crippen LogP contribution in [0.3, 0.4) is 0 Å². The van der Waals surface area contributed by atoms with Gasteiger partial charge >= 0.3 is 0 Å². The first-order valence-electron chi connectivity index (χ1n) is 7.08. The zero-order chi connectivity index (χ0) is 15.9. The van der Waals surface area contributed by atoms with Crippen molar-refractivity contribution >= 4 is 21.6 Å². The third-order valence-electron chi connectivity index (χ3n) is 3.97. The fourth-order valence-electron chi connectivity index (χ4n) is 2.97. The summed E-state index contributed by atoms with van der Waals surface area (Å²) in [5.41, 5.74) is 0.431. The van der Waals surface area contributed by atoms with Crippen LogP contribution in [0, 0.1) is 6.92 Å². The molecule has 22 heavy (non-hydrogen) atoms. The van der Waals surface area contributed by atoms with E-state index in [4.69, 9.17) is 11.6 Å². The summed E-state index contributed by atoms with van der Waals surface area (Å²) in [5.74, 6) is 0. The van der Waals surface area contributed by atoms with Crippen molar-refractivity contribution in [1.29, 1.82) is 0 Å². The van der Waals surface area contributed by atoms with Gasteiger partial charge in [-0.3, -0.25) is 4.68 Å². The molecule has 3 heterocycles. The Balaban J connectivity index is 1.94. The maximum absolute atomic E-state index is 13.0. The fourth-order valence-corrected chi connectivity index (χ4v) is 5.36. The SMILES string of the molecule is Cc1nn(C)c(Cl)c1S(=O)(=O)N1CCC[C@H]1Cn1ccnc1. The average molecular weight is 344 g/mol. The zero-order valence-electron chi connectivity index (χ0n) is 12.5. The van der Waals surface area contributed by atoms with E-state index in [1.165, 1.54) is 4.68 Å². The Bertz CT molecular complexity index is 769. The van der Waals surface area contributed by atoms with Gasteiger partial charge in [0.05, 0.1) is 12.0 Å². The van der Waals surface area contributed by atoms with Crippen LogP contribution < -0.4 is 0 Å². The van der Waals surface area contributed by atoms with Crippen molar-refractivity contribution in [1.82, 2.24) is 23.6 Å². The number of hydrogen-bond acceptors (Lipinski definition) is 4. The Labute approximate surface area is 134 Å². The molecule has 0 aromatic carbocycles. The van der Waals surface area contributed by atoms with Crippen molar-refractivity contribution < 1.29 is 8.42 Å². The molecule has 2 aromatic rings. The molecule has 1 fully saturated rings. The second-order valence-electron chi connectivity index (χ2n) is 5.50. The Morgan fingerprint density at radius 2 is 2.23 bits per heavy atom. The maximum atomic E-state index is 13.0. The van der Waals surface area contributed by atoms with E-state index in [9.17, 15) is 8.42 Å². The Kier molecular flexibility index (Phi) is 4.00. The molecule has 1 atom stereocenters. The van der Waals surface area contributed by atoms with E-state index in [1.807, 2.05) is 10.8 Å². The second-order valence-corrected chi connectivity index (χ2v) is 7.69. The van der Waals surface area contributed by atoms with Crippen LogP contribution in [-0.2, 0) is 23.6 Å². The van der Waals surface area contributed by atoms with E-state index in [2.05, 4.69) is 10.1 Å². The van der Waals surface area contributed by atoms with E-state index in [0.717, 1.165) is 12.8 Å². The Morgan fingerprint density at radius 1 is 1.45 bits per heavy atom. The summed E-state index contributed by atoms with van der Waals surface area (Å²) in [7, 11) is -2.01. The van der Waals surface area contributed by atoms with Crippen LogP contribution in [0.4, 0.5) is 0 Å². The van der Waals surface area contributed by atoms with Gasteiger partial charge in [0.2, 0.25) is 10.0 Å². The molecule has 0 amide bonds. The summed E-state index contributed by atoms with van der Waals surface area (Å²) in [5, 5.41) is 4.27. The van der Waals surface area contributed by atoms with Gasteiger partial charge in [0.25, 0.3) is 0 Å². The quantitative estimate of drug-likeness (QED) is 0.841. The van der Waals surface area contributed by atoms with Gasteiger partial charge in [0, 0.05) is 38.6 Å². The molecule has 1 aliphatic rings. The van der Waals surface area contributed by atoms with Crippen LogP contribution in [0.25, 0.3) is 0 Å². The van der Waals surface area contributed by atoms with E-state index >= 15 is 0 Å². The number of aryl methyl sites for hydroxylation is 2. The summed E-state index contributed by atoms with van der Waals surface area (Å²) >= 11 is 6.15. The van der Waals surface area contributed by atoms with Crippen LogP contribution in [0.1, 0.15) is 18.5 Å². The third kappa shape index (κ3) is 2.55. The van der Waals surface area contributed by atoms with Gasteiger partial charge in [-0.1, -0.05) is 11.6 Å². The van der Waals surface area contributed by atoms with Crippen molar-refractivity contribution in [2.75, 3.05) is 6.54 Å². The lowest BCUT2D eigenvalue weighted by atomic mass is 10.2. The van der Waals surface area contributed by atoms with Gasteiger partial charge in [0.15, 0.2) is 0 Å². The van der Waals surface area contributed by atoms with Gasteiger partial charge in [-0.25, -0.2) is 13.4 Å². The van der Waals surface area contributed by atoms with Crippen molar-refractivity contribution in [3.63, 3.8) is 0 Å². The molecule has 0 radical (unpaired) electrons. The molecule has 0 unspecified atom stereocenters. The van der Waals surface area contributed by atoms with Gasteiger partial charge in [-0.15, -0.1) is 0 Å². The highest BCUT2D eigenvalue weighted by Gasteiger charge is 2.38. The smallest absolute Gasteiger partial charge is 0.248 e. The first kappa shape index (κ1) is 15.5. The van der Waals surface area contributed by atoms with Crippen LogP contribution in [0.2, 0.25) is 5.15 Å². The predicted molar refractivity (Wildman–Crippen MR) is 82.1 cm³/mol. The molecular formula is C13H18ClN5O2S. The van der Waals surface area contributed by atoms with Gasteiger partial charge < -0.3 is 4.57 Å². The molecule has 0 spiro atoms. The van der Waals surface area contributed by atoms with Crippen molar-refractivity contribution in [3.05, 3.63) is 29.6 Å². The summed E-state index contributed by atoms with van der Waals surface area (Å²) in [6.45, 7) is 2.77. The fraction of sp³-hybridized carbons (Fsp3) is 0.538. The molecule has 9 heteroatoms. The number of sulfonamides is 1. The molecule has 2 aromatic heterocycles.